The van der Waals surface area contributed by atoms with Crippen LogP contribution in [0.15, 0.2) is 41.0 Å². The number of benzene rings is 1. The van der Waals surface area contributed by atoms with Crippen molar-refractivity contribution in [3.8, 4) is 0 Å². The average molecular weight is 336 g/mol. The molecule has 0 aliphatic rings. The van der Waals surface area contributed by atoms with Crippen LogP contribution < -0.4 is 10.6 Å². The van der Waals surface area contributed by atoms with Crippen molar-refractivity contribution in [2.75, 3.05) is 17.7 Å². The molecule has 0 unspecified atom stereocenters. The number of carboxylic acid groups (broad SMARTS) is 1. The van der Waals surface area contributed by atoms with Crippen LogP contribution in [-0.2, 0) is 6.54 Å². The van der Waals surface area contributed by atoms with Gasteiger partial charge in [-0.2, -0.15) is 0 Å². The highest BCUT2D eigenvalue weighted by Crippen LogP contribution is 2.21. The maximum absolute atomic E-state index is 11.3. The second-order valence-corrected chi connectivity index (χ2v) is 5.35. The van der Waals surface area contributed by atoms with Gasteiger partial charge in [-0.15, -0.1) is 0 Å². The summed E-state index contributed by atoms with van der Waals surface area (Å²) in [5.41, 5.74) is 7.07. The topological polar surface area (TPSA) is 79.5 Å². The lowest BCUT2D eigenvalue weighted by atomic mass is 10.2. The van der Waals surface area contributed by atoms with E-state index in [1.165, 1.54) is 12.3 Å². The van der Waals surface area contributed by atoms with Gasteiger partial charge in [0.2, 0.25) is 0 Å². The maximum Gasteiger partial charge on any atom is 0.339 e. The monoisotopic (exact) mass is 335 g/mol. The van der Waals surface area contributed by atoms with Crippen LogP contribution in [0.25, 0.3) is 0 Å². The molecule has 0 amide bonds. The first-order valence-electron chi connectivity index (χ1n) is 5.92. The zero-order valence-corrected chi connectivity index (χ0v) is 12.5. The van der Waals surface area contributed by atoms with Crippen LogP contribution in [0.5, 0.6) is 0 Å². The molecule has 0 fully saturated rings. The van der Waals surface area contributed by atoms with Gasteiger partial charge in [0.1, 0.15) is 11.4 Å². The highest BCUT2D eigenvalue weighted by Gasteiger charge is 2.15. The number of hydrogen-bond acceptors (Lipinski definition) is 4. The van der Waals surface area contributed by atoms with Crippen LogP contribution in [0.3, 0.4) is 0 Å². The summed E-state index contributed by atoms with van der Waals surface area (Å²) in [6, 6.07) is 9.24. The number of rotatable bonds is 4. The molecule has 3 N–H and O–H groups in total. The van der Waals surface area contributed by atoms with Gasteiger partial charge >= 0.3 is 5.97 Å². The molecule has 0 spiro atoms. The van der Waals surface area contributed by atoms with Gasteiger partial charge in [-0.3, -0.25) is 0 Å². The maximum atomic E-state index is 11.3. The van der Waals surface area contributed by atoms with Crippen LogP contribution in [0.1, 0.15) is 15.9 Å². The molecule has 0 saturated carbocycles. The van der Waals surface area contributed by atoms with E-state index >= 15 is 0 Å². The van der Waals surface area contributed by atoms with E-state index in [1.807, 2.05) is 24.3 Å². The van der Waals surface area contributed by atoms with Crippen molar-refractivity contribution in [1.29, 1.82) is 0 Å². The number of hydrogen-bond donors (Lipinski definition) is 2. The molecule has 0 saturated heterocycles. The summed E-state index contributed by atoms with van der Waals surface area (Å²) in [6.07, 6.45) is 1.46. The van der Waals surface area contributed by atoms with Gasteiger partial charge in [0, 0.05) is 18.1 Å². The molecule has 1 aromatic heterocycles. The molecule has 104 valence electrons. The molecule has 6 heteroatoms. The summed E-state index contributed by atoms with van der Waals surface area (Å²) in [5.74, 6) is -0.646. The van der Waals surface area contributed by atoms with Crippen LogP contribution in [-0.4, -0.2) is 23.1 Å². The average Bonchev–Trinajstić information content (AvgIpc) is 2.38. The smallest absolute Gasteiger partial charge is 0.339 e. The zero-order chi connectivity index (χ0) is 14.7. The predicted octanol–water partition coefficient (Wildman–Crippen LogP) is 2.76. The van der Waals surface area contributed by atoms with Gasteiger partial charge in [-0.1, -0.05) is 28.1 Å². The van der Waals surface area contributed by atoms with Crippen molar-refractivity contribution in [2.45, 2.75) is 6.54 Å². The minimum absolute atomic E-state index is 0.0995. The predicted molar refractivity (Wildman–Crippen MR) is 81.9 cm³/mol. The van der Waals surface area contributed by atoms with Gasteiger partial charge < -0.3 is 15.7 Å². The SMILES string of the molecule is CN(Cc1cccc(Br)c1)c1ncc(N)cc1C(=O)O. The summed E-state index contributed by atoms with van der Waals surface area (Å²) >= 11 is 3.41. The lowest BCUT2D eigenvalue weighted by Crippen LogP contribution is -2.21. The number of halogens is 1. The number of carboxylic acids is 1. The molecule has 0 atom stereocenters. The van der Waals surface area contributed by atoms with Crippen LogP contribution in [0, 0.1) is 0 Å². The van der Waals surface area contributed by atoms with Crippen molar-refractivity contribution in [3.63, 3.8) is 0 Å². The Hall–Kier alpha value is -2.08. The fourth-order valence-electron chi connectivity index (χ4n) is 1.92. The Morgan fingerprint density at radius 2 is 2.20 bits per heavy atom. The molecule has 5 nitrogen and oxygen atoms in total. The van der Waals surface area contributed by atoms with Crippen molar-refractivity contribution < 1.29 is 9.90 Å². The van der Waals surface area contributed by atoms with E-state index < -0.39 is 5.97 Å². The number of anilines is 2. The number of pyridine rings is 1. The number of aromatic carboxylic acids is 1. The van der Waals surface area contributed by atoms with E-state index in [0.29, 0.717) is 18.1 Å². The van der Waals surface area contributed by atoms with Crippen molar-refractivity contribution >= 4 is 33.4 Å². The third-order valence-corrected chi connectivity index (χ3v) is 3.28. The van der Waals surface area contributed by atoms with Crippen LogP contribution in [0.4, 0.5) is 11.5 Å². The molecular weight excluding hydrogens is 322 g/mol. The third-order valence-electron chi connectivity index (χ3n) is 2.79. The van der Waals surface area contributed by atoms with Crippen molar-refractivity contribution in [2.24, 2.45) is 0 Å². The Morgan fingerprint density at radius 1 is 1.45 bits per heavy atom. The molecule has 20 heavy (non-hydrogen) atoms. The minimum Gasteiger partial charge on any atom is -0.478 e. The van der Waals surface area contributed by atoms with E-state index in [9.17, 15) is 9.90 Å². The number of nitrogens with two attached hydrogens (primary N) is 1. The fraction of sp³-hybridized carbons (Fsp3) is 0.143. The van der Waals surface area contributed by atoms with E-state index in [1.54, 1.807) is 11.9 Å². The summed E-state index contributed by atoms with van der Waals surface area (Å²) in [6.45, 7) is 0.552. The van der Waals surface area contributed by atoms with Gasteiger partial charge in [0.25, 0.3) is 0 Å². The first kappa shape index (κ1) is 14.3. The molecule has 2 rings (SSSR count). The van der Waals surface area contributed by atoms with Gasteiger partial charge in [-0.25, -0.2) is 9.78 Å². The second kappa shape index (κ2) is 5.92. The molecule has 0 aliphatic carbocycles. The standard InChI is InChI=1S/C14H14BrN3O2/c1-18(8-9-3-2-4-10(15)5-9)13-12(14(19)20)6-11(16)7-17-13/h2-7H,8,16H2,1H3,(H,19,20). The first-order valence-corrected chi connectivity index (χ1v) is 6.71. The van der Waals surface area contributed by atoms with Gasteiger partial charge in [0.05, 0.1) is 11.9 Å². The highest BCUT2D eigenvalue weighted by molar-refractivity contribution is 9.10. The lowest BCUT2D eigenvalue weighted by Gasteiger charge is -2.20. The summed E-state index contributed by atoms with van der Waals surface area (Å²) in [4.78, 5) is 17.2. The summed E-state index contributed by atoms with van der Waals surface area (Å²) in [5, 5.41) is 9.22. The van der Waals surface area contributed by atoms with Crippen molar-refractivity contribution in [3.05, 3.63) is 52.1 Å². The van der Waals surface area contributed by atoms with E-state index in [0.717, 1.165) is 10.0 Å². The molecular formula is C14H14BrN3O2. The summed E-state index contributed by atoms with van der Waals surface area (Å²) < 4.78 is 0.979. The molecule has 1 heterocycles. The Kier molecular flexibility index (Phi) is 4.24. The minimum atomic E-state index is -1.04. The third kappa shape index (κ3) is 3.27. The van der Waals surface area contributed by atoms with Gasteiger partial charge in [0.15, 0.2) is 0 Å². The van der Waals surface area contributed by atoms with Crippen molar-refractivity contribution in [1.82, 2.24) is 4.98 Å². The fourth-order valence-corrected chi connectivity index (χ4v) is 2.37. The van der Waals surface area contributed by atoms with Crippen LogP contribution >= 0.6 is 15.9 Å². The van der Waals surface area contributed by atoms with E-state index in [4.69, 9.17) is 5.73 Å². The Bertz CT molecular complexity index is 646. The Morgan fingerprint density at radius 3 is 2.85 bits per heavy atom. The quantitative estimate of drug-likeness (QED) is 0.897. The zero-order valence-electron chi connectivity index (χ0n) is 10.9. The molecule has 0 aliphatic heterocycles. The number of nitrogens with zero attached hydrogens (tertiary/aromatic N) is 2. The number of aromatic nitrogens is 1. The largest absolute Gasteiger partial charge is 0.478 e. The van der Waals surface area contributed by atoms with Gasteiger partial charge in [-0.05, 0) is 23.8 Å². The first-order chi connectivity index (χ1) is 9.47. The highest BCUT2D eigenvalue weighted by atomic mass is 79.9. The molecule has 0 bridgehead atoms. The molecule has 1 aromatic carbocycles. The Labute approximate surface area is 125 Å². The number of nitrogen functional groups attached to an aromatic ring is 1. The van der Waals surface area contributed by atoms with E-state index in [-0.39, 0.29) is 5.56 Å². The molecule has 0 radical (unpaired) electrons. The van der Waals surface area contributed by atoms with Crippen LogP contribution in [0.2, 0.25) is 0 Å². The summed E-state index contributed by atoms with van der Waals surface area (Å²) in [7, 11) is 1.80. The normalized spacial score (nSPS) is 10.3. The number of carbonyl (C=O) groups is 1. The Balaban J connectivity index is 2.29. The second-order valence-electron chi connectivity index (χ2n) is 4.43. The molecule has 2 aromatic rings. The lowest BCUT2D eigenvalue weighted by molar-refractivity contribution is 0.0697. The van der Waals surface area contributed by atoms with E-state index in [2.05, 4.69) is 20.9 Å².